The van der Waals surface area contributed by atoms with Crippen LogP contribution in [-0.4, -0.2) is 44.7 Å². The smallest absolute Gasteiger partial charge is 0.422 e. The standard InChI is InChI=1S/C11H12F3NO5S/c12-11(13,14)7-20-10(17)15-4-5-21(18,19)9-3-1-2-8(16)6-9/h1-3,6,16H,4-5,7H2,(H,15,17). The predicted molar refractivity (Wildman–Crippen MR) is 65.6 cm³/mol. The van der Waals surface area contributed by atoms with E-state index in [1.165, 1.54) is 18.2 Å². The highest BCUT2D eigenvalue weighted by atomic mass is 32.2. The topological polar surface area (TPSA) is 92.7 Å². The third kappa shape index (κ3) is 6.34. The Morgan fingerprint density at radius 1 is 1.33 bits per heavy atom. The van der Waals surface area contributed by atoms with Gasteiger partial charge >= 0.3 is 12.3 Å². The number of carbonyl (C=O) groups is 1. The lowest BCUT2D eigenvalue weighted by Crippen LogP contribution is -2.32. The van der Waals surface area contributed by atoms with Crippen molar-refractivity contribution in [3.8, 4) is 5.75 Å². The maximum absolute atomic E-state index is 11.8. The number of hydrogen-bond acceptors (Lipinski definition) is 5. The van der Waals surface area contributed by atoms with Crippen molar-refractivity contribution in [3.63, 3.8) is 0 Å². The number of benzene rings is 1. The van der Waals surface area contributed by atoms with Gasteiger partial charge in [0.05, 0.1) is 10.6 Å². The summed E-state index contributed by atoms with van der Waals surface area (Å²) in [5, 5.41) is 11.1. The third-order valence-electron chi connectivity index (χ3n) is 2.18. The normalized spacial score (nSPS) is 12.0. The fraction of sp³-hybridized carbons (Fsp3) is 0.364. The molecule has 6 nitrogen and oxygen atoms in total. The first-order valence-corrected chi connectivity index (χ1v) is 7.24. The first-order valence-electron chi connectivity index (χ1n) is 5.59. The summed E-state index contributed by atoms with van der Waals surface area (Å²) in [4.78, 5) is 10.7. The molecule has 0 unspecified atom stereocenters. The highest BCUT2D eigenvalue weighted by molar-refractivity contribution is 7.91. The second kappa shape index (κ2) is 6.66. The zero-order chi connectivity index (χ0) is 16.1. The first kappa shape index (κ1) is 17.1. The molecule has 0 saturated heterocycles. The van der Waals surface area contributed by atoms with E-state index in [2.05, 4.69) is 4.74 Å². The molecule has 0 bridgehead atoms. The van der Waals surface area contributed by atoms with Gasteiger partial charge in [0.2, 0.25) is 0 Å². The van der Waals surface area contributed by atoms with Gasteiger partial charge in [-0.3, -0.25) is 0 Å². The van der Waals surface area contributed by atoms with Crippen molar-refractivity contribution >= 4 is 15.9 Å². The molecule has 0 aliphatic rings. The summed E-state index contributed by atoms with van der Waals surface area (Å²) < 4.78 is 62.7. The van der Waals surface area contributed by atoms with Gasteiger partial charge in [0.25, 0.3) is 0 Å². The van der Waals surface area contributed by atoms with Crippen LogP contribution in [0.5, 0.6) is 5.75 Å². The summed E-state index contributed by atoms with van der Waals surface area (Å²) in [6.07, 6.45) is -6.01. The molecular weight excluding hydrogens is 315 g/mol. The number of amides is 1. The molecule has 0 aromatic heterocycles. The lowest BCUT2D eigenvalue weighted by Gasteiger charge is -2.09. The van der Waals surface area contributed by atoms with Gasteiger partial charge in [-0.15, -0.1) is 0 Å². The van der Waals surface area contributed by atoms with Crippen LogP contribution in [0.2, 0.25) is 0 Å². The molecule has 2 N–H and O–H groups in total. The Hall–Kier alpha value is -1.97. The molecule has 21 heavy (non-hydrogen) atoms. The highest BCUT2D eigenvalue weighted by Gasteiger charge is 2.29. The Bertz CT molecular complexity index is 600. The molecule has 1 amide bonds. The zero-order valence-corrected chi connectivity index (χ0v) is 11.4. The third-order valence-corrected chi connectivity index (χ3v) is 3.90. The number of halogens is 3. The van der Waals surface area contributed by atoms with E-state index in [4.69, 9.17) is 0 Å². The van der Waals surface area contributed by atoms with Gasteiger partial charge in [-0.05, 0) is 18.2 Å². The second-order valence-electron chi connectivity index (χ2n) is 3.93. The molecule has 0 aliphatic heterocycles. The Balaban J connectivity index is 2.46. The summed E-state index contributed by atoms with van der Waals surface area (Å²) in [6.45, 7) is -2.17. The molecule has 1 aromatic rings. The molecule has 0 radical (unpaired) electrons. The van der Waals surface area contributed by atoms with E-state index in [0.717, 1.165) is 6.07 Å². The Morgan fingerprint density at radius 3 is 2.57 bits per heavy atom. The Kier molecular flexibility index (Phi) is 5.41. The van der Waals surface area contributed by atoms with E-state index in [9.17, 15) is 31.5 Å². The molecule has 0 aliphatic carbocycles. The number of alkyl carbamates (subject to hydrolysis) is 1. The number of phenolic OH excluding ortho intramolecular Hbond substituents is 1. The van der Waals surface area contributed by atoms with Gasteiger partial charge in [0.1, 0.15) is 5.75 Å². The van der Waals surface area contributed by atoms with Gasteiger partial charge in [-0.2, -0.15) is 13.2 Å². The number of nitrogens with one attached hydrogen (secondary N) is 1. The highest BCUT2D eigenvalue weighted by Crippen LogP contribution is 2.17. The number of hydrogen-bond donors (Lipinski definition) is 2. The minimum absolute atomic E-state index is 0.159. The molecular formula is C11H12F3NO5S. The molecule has 10 heteroatoms. The van der Waals surface area contributed by atoms with Gasteiger partial charge in [-0.25, -0.2) is 13.2 Å². The van der Waals surface area contributed by atoms with Crippen molar-refractivity contribution < 1.29 is 36.2 Å². The molecule has 0 atom stereocenters. The fourth-order valence-electron chi connectivity index (χ4n) is 1.28. The molecule has 118 valence electrons. The van der Waals surface area contributed by atoms with Crippen LogP contribution in [0.15, 0.2) is 29.2 Å². The lowest BCUT2D eigenvalue weighted by molar-refractivity contribution is -0.160. The van der Waals surface area contributed by atoms with E-state index < -0.39 is 41.0 Å². The predicted octanol–water partition coefficient (Wildman–Crippen LogP) is 1.45. The number of carbonyl (C=O) groups excluding carboxylic acids is 1. The van der Waals surface area contributed by atoms with Crippen LogP contribution in [0, 0.1) is 0 Å². The zero-order valence-electron chi connectivity index (χ0n) is 10.6. The van der Waals surface area contributed by atoms with Crippen molar-refractivity contribution in [2.75, 3.05) is 18.9 Å². The van der Waals surface area contributed by atoms with Crippen LogP contribution in [0.25, 0.3) is 0 Å². The summed E-state index contributed by atoms with van der Waals surface area (Å²) in [5.74, 6) is -0.786. The van der Waals surface area contributed by atoms with Crippen LogP contribution >= 0.6 is 0 Å². The fourth-order valence-corrected chi connectivity index (χ4v) is 2.47. The van der Waals surface area contributed by atoms with E-state index >= 15 is 0 Å². The average molecular weight is 327 g/mol. The van der Waals surface area contributed by atoms with E-state index in [1.807, 2.05) is 5.32 Å². The molecule has 0 saturated carbocycles. The average Bonchev–Trinajstić information content (AvgIpc) is 2.35. The monoisotopic (exact) mass is 327 g/mol. The summed E-state index contributed by atoms with van der Waals surface area (Å²) in [5.41, 5.74) is 0. The van der Waals surface area contributed by atoms with Crippen molar-refractivity contribution in [1.29, 1.82) is 0 Å². The number of rotatable bonds is 5. The molecule has 0 spiro atoms. The Labute approximate surface area is 118 Å². The van der Waals surface area contributed by atoms with E-state index in [0.29, 0.717) is 0 Å². The van der Waals surface area contributed by atoms with Crippen molar-refractivity contribution in [2.24, 2.45) is 0 Å². The second-order valence-corrected chi connectivity index (χ2v) is 6.04. The quantitative estimate of drug-likeness (QED) is 0.854. The van der Waals surface area contributed by atoms with Crippen LogP contribution < -0.4 is 5.32 Å². The van der Waals surface area contributed by atoms with E-state index in [1.54, 1.807) is 0 Å². The van der Waals surface area contributed by atoms with Crippen LogP contribution in [0.4, 0.5) is 18.0 Å². The van der Waals surface area contributed by atoms with Crippen molar-refractivity contribution in [2.45, 2.75) is 11.1 Å². The summed E-state index contributed by atoms with van der Waals surface area (Å²) in [6, 6.07) is 4.88. The van der Waals surface area contributed by atoms with E-state index in [-0.39, 0.29) is 10.6 Å². The molecule has 1 aromatic carbocycles. The minimum Gasteiger partial charge on any atom is -0.508 e. The van der Waals surface area contributed by atoms with Gasteiger partial charge in [-0.1, -0.05) is 6.07 Å². The summed E-state index contributed by atoms with van der Waals surface area (Å²) in [7, 11) is -3.77. The number of sulfone groups is 1. The minimum atomic E-state index is -4.65. The lowest BCUT2D eigenvalue weighted by atomic mass is 10.3. The van der Waals surface area contributed by atoms with Crippen molar-refractivity contribution in [3.05, 3.63) is 24.3 Å². The van der Waals surface area contributed by atoms with Gasteiger partial charge < -0.3 is 15.2 Å². The molecule has 0 heterocycles. The van der Waals surface area contributed by atoms with Crippen LogP contribution in [-0.2, 0) is 14.6 Å². The van der Waals surface area contributed by atoms with Gasteiger partial charge in [0, 0.05) is 6.54 Å². The maximum atomic E-state index is 11.8. The van der Waals surface area contributed by atoms with Crippen molar-refractivity contribution in [1.82, 2.24) is 5.32 Å². The number of alkyl halides is 3. The number of aromatic hydroxyl groups is 1. The largest absolute Gasteiger partial charge is 0.508 e. The first-order chi connectivity index (χ1) is 9.60. The van der Waals surface area contributed by atoms with Crippen LogP contribution in [0.3, 0.4) is 0 Å². The Morgan fingerprint density at radius 2 is 2.00 bits per heavy atom. The number of ether oxygens (including phenoxy) is 1. The summed E-state index contributed by atoms with van der Waals surface area (Å²) >= 11 is 0. The van der Waals surface area contributed by atoms with Gasteiger partial charge in [0.15, 0.2) is 16.4 Å². The van der Waals surface area contributed by atoms with Crippen LogP contribution in [0.1, 0.15) is 0 Å². The number of phenols is 1. The molecule has 0 fully saturated rings. The maximum Gasteiger partial charge on any atom is 0.422 e. The SMILES string of the molecule is O=C(NCCS(=O)(=O)c1cccc(O)c1)OCC(F)(F)F. The molecule has 1 rings (SSSR count).